The molecule has 1 spiro atoms. The maximum Gasteiger partial charge on any atom is 0.245 e. The molecule has 12 nitrogen and oxygen atoms in total. The minimum Gasteiger partial charge on any atom is -0.492 e. The molecule has 6 rings (SSSR count). The van der Waals surface area contributed by atoms with Crippen molar-refractivity contribution in [3.63, 3.8) is 0 Å². The fourth-order valence-electron chi connectivity index (χ4n) is 5.34. The van der Waals surface area contributed by atoms with Crippen LogP contribution in [0.1, 0.15) is 42.9 Å². The first-order valence-electron chi connectivity index (χ1n) is 15.9. The Morgan fingerprint density at radius 1 is 0.894 bits per heavy atom. The largest absolute Gasteiger partial charge is 0.492 e. The average molecular weight is 641 g/mol. The number of aromatic nitrogens is 1. The van der Waals surface area contributed by atoms with Crippen LogP contribution in [0.2, 0.25) is 0 Å². The third-order valence-corrected chi connectivity index (χ3v) is 8.28. The summed E-state index contributed by atoms with van der Waals surface area (Å²) in [5, 5.41) is 14.0. The van der Waals surface area contributed by atoms with Crippen molar-refractivity contribution in [3.8, 4) is 5.75 Å². The van der Waals surface area contributed by atoms with Gasteiger partial charge in [0, 0.05) is 31.7 Å². The predicted octanol–water partition coefficient (Wildman–Crippen LogP) is 1.13. The topological polar surface area (TPSA) is 168 Å². The van der Waals surface area contributed by atoms with Gasteiger partial charge in [-0.2, -0.15) is 0 Å². The number of nitrogens with zero attached hydrogens (tertiary/aromatic N) is 1. The minimum atomic E-state index is -1.05. The summed E-state index contributed by atoms with van der Waals surface area (Å²) in [5.74, 6) is -1.68. The summed E-state index contributed by atoms with van der Waals surface area (Å²) >= 11 is 0. The molecule has 246 valence electrons. The maximum absolute atomic E-state index is 13.6. The first kappa shape index (κ1) is 33.1. The number of fused-ring (bicyclic) bond motifs is 15. The number of nitrogens with one attached hydrogen (secondary N) is 5. The molecule has 2 aromatic carbocycles. The molecule has 3 atom stereocenters. The van der Waals surface area contributed by atoms with Gasteiger partial charge in [0.2, 0.25) is 29.5 Å². The second kappa shape index (κ2) is 15.4. The number of amides is 5. The van der Waals surface area contributed by atoms with Crippen molar-refractivity contribution in [2.75, 3.05) is 13.2 Å². The van der Waals surface area contributed by atoms with Gasteiger partial charge in [0.25, 0.3) is 0 Å². The van der Waals surface area contributed by atoms with Gasteiger partial charge in [-0.25, -0.2) is 0 Å². The molecule has 3 heterocycles. The van der Waals surface area contributed by atoms with E-state index in [1.807, 2.05) is 42.5 Å². The van der Waals surface area contributed by atoms with Crippen LogP contribution < -0.4 is 31.3 Å². The average Bonchev–Trinajstić information content (AvgIpc) is 3.86. The fraction of sp³-hybridized carbons (Fsp3) is 0.371. The summed E-state index contributed by atoms with van der Waals surface area (Å²) in [6.07, 6.45) is 5.23. The zero-order valence-electron chi connectivity index (χ0n) is 26.3. The minimum absolute atomic E-state index is 0.158. The molecular weight excluding hydrogens is 600 g/mol. The Kier molecular flexibility index (Phi) is 10.8. The fourth-order valence-corrected chi connectivity index (χ4v) is 5.34. The van der Waals surface area contributed by atoms with Crippen molar-refractivity contribution < 1.29 is 28.7 Å². The molecule has 1 fully saturated rings. The van der Waals surface area contributed by atoms with Crippen LogP contribution in [0.3, 0.4) is 0 Å². The van der Waals surface area contributed by atoms with E-state index < -0.39 is 41.4 Å². The lowest BCUT2D eigenvalue weighted by Gasteiger charge is -2.25. The van der Waals surface area contributed by atoms with E-state index in [4.69, 9.17) is 4.74 Å². The lowest BCUT2D eigenvalue weighted by atomic mass is 10.0. The van der Waals surface area contributed by atoms with Crippen LogP contribution >= 0.6 is 0 Å². The zero-order chi connectivity index (χ0) is 33.2. The predicted molar refractivity (Wildman–Crippen MR) is 173 cm³/mol. The molecule has 2 bridgehead atoms. The molecule has 47 heavy (non-hydrogen) atoms. The highest BCUT2D eigenvalue weighted by Crippen LogP contribution is 2.35. The number of carbonyl (C=O) groups is 5. The first-order valence-corrected chi connectivity index (χ1v) is 15.9. The lowest BCUT2D eigenvalue weighted by Crippen LogP contribution is -2.59. The monoisotopic (exact) mass is 640 g/mol. The summed E-state index contributed by atoms with van der Waals surface area (Å²) in [6, 6.07) is 16.9. The molecule has 3 aromatic rings. The van der Waals surface area contributed by atoms with Crippen LogP contribution in [-0.4, -0.2) is 71.3 Å². The molecule has 0 radical (unpaired) electrons. The zero-order valence-corrected chi connectivity index (χ0v) is 26.3. The molecule has 5 amide bonds. The van der Waals surface area contributed by atoms with Gasteiger partial charge in [0.05, 0.1) is 6.54 Å². The number of rotatable bonds is 6. The highest BCUT2D eigenvalue weighted by Gasteiger charge is 2.51. The summed E-state index contributed by atoms with van der Waals surface area (Å²) in [5.41, 5.74) is 1.47. The highest BCUT2D eigenvalue weighted by molar-refractivity contribution is 5.98. The Bertz CT molecular complexity index is 1560. The van der Waals surface area contributed by atoms with E-state index in [0.717, 1.165) is 16.7 Å². The summed E-state index contributed by atoms with van der Waals surface area (Å²) < 4.78 is 5.79. The van der Waals surface area contributed by atoms with Crippen LogP contribution in [0.5, 0.6) is 5.75 Å². The number of pyridine rings is 1. The van der Waals surface area contributed by atoms with E-state index in [1.165, 1.54) is 6.92 Å². The molecule has 1 aromatic heterocycles. The number of aryl methyl sites for hydroxylation is 1. The SMILES string of the molecule is C[C@@H]1NC(=O)[C@@H](NC(=O)CCc2ccncc2)Cc2ccc(cc2)OCCNC(=O)C2(CC2)NC(=O)[C@@H](Cc2ccccc2)NC1=O. The van der Waals surface area contributed by atoms with Gasteiger partial charge in [-0.05, 0) is 67.1 Å². The van der Waals surface area contributed by atoms with Gasteiger partial charge < -0.3 is 31.3 Å². The van der Waals surface area contributed by atoms with Crippen LogP contribution in [0.15, 0.2) is 79.1 Å². The van der Waals surface area contributed by atoms with Crippen LogP contribution in [0.25, 0.3) is 0 Å². The van der Waals surface area contributed by atoms with Crippen molar-refractivity contribution in [1.29, 1.82) is 0 Å². The number of carbonyl (C=O) groups excluding carboxylic acids is 5. The highest BCUT2D eigenvalue weighted by atomic mass is 16.5. The second-order valence-corrected chi connectivity index (χ2v) is 12.0. The Hall–Kier alpha value is -5.26. The normalized spacial score (nSPS) is 21.8. The van der Waals surface area contributed by atoms with E-state index in [2.05, 4.69) is 31.6 Å². The van der Waals surface area contributed by atoms with Crippen molar-refractivity contribution in [2.24, 2.45) is 0 Å². The molecule has 1 aliphatic carbocycles. The summed E-state index contributed by atoms with van der Waals surface area (Å²) in [7, 11) is 0. The Balaban J connectivity index is 1.34. The molecule has 5 N–H and O–H groups in total. The molecule has 12 heteroatoms. The smallest absolute Gasteiger partial charge is 0.245 e. The van der Waals surface area contributed by atoms with Crippen molar-refractivity contribution in [2.45, 2.75) is 69.1 Å². The number of ether oxygens (including phenoxy) is 1. The van der Waals surface area contributed by atoms with E-state index in [0.29, 0.717) is 25.0 Å². The van der Waals surface area contributed by atoms with Gasteiger partial charge in [-0.15, -0.1) is 0 Å². The van der Waals surface area contributed by atoms with Gasteiger partial charge in [-0.3, -0.25) is 29.0 Å². The third-order valence-electron chi connectivity index (χ3n) is 8.28. The van der Waals surface area contributed by atoms with Gasteiger partial charge in [0.1, 0.15) is 36.0 Å². The molecular formula is C35H40N6O6. The van der Waals surface area contributed by atoms with E-state index >= 15 is 0 Å². The van der Waals surface area contributed by atoms with Crippen molar-refractivity contribution in [3.05, 3.63) is 95.8 Å². The van der Waals surface area contributed by atoms with Gasteiger partial charge >= 0.3 is 0 Å². The van der Waals surface area contributed by atoms with Crippen molar-refractivity contribution >= 4 is 29.5 Å². The van der Waals surface area contributed by atoms with Gasteiger partial charge in [0.15, 0.2) is 0 Å². The molecule has 3 aliphatic rings. The van der Waals surface area contributed by atoms with Crippen LogP contribution in [0.4, 0.5) is 0 Å². The number of benzene rings is 2. The molecule has 2 aliphatic heterocycles. The van der Waals surface area contributed by atoms with E-state index in [9.17, 15) is 24.0 Å². The van der Waals surface area contributed by atoms with E-state index in [-0.39, 0.29) is 44.2 Å². The first-order chi connectivity index (χ1) is 22.7. The standard InChI is InChI=1S/C35H40N6O6/c1-23-31(43)40-29(21-25-5-3-2-4-6-25)33(45)41-35(15-16-35)34(46)37-19-20-47-27-10-7-26(8-11-27)22-28(32(44)38-23)39-30(42)12-9-24-13-17-36-18-14-24/h2-8,10-11,13-14,17-18,23,28-29H,9,12,15-16,19-22H2,1H3,(H,37,46)(H,38,44)(H,39,42)(H,40,43)(H,41,45)/t23-,28-,29+/m0/s1. The molecule has 1 saturated carbocycles. The Morgan fingerprint density at radius 3 is 2.32 bits per heavy atom. The number of hydrogen-bond donors (Lipinski definition) is 5. The van der Waals surface area contributed by atoms with Crippen molar-refractivity contribution in [1.82, 2.24) is 31.6 Å². The number of hydrogen-bond acceptors (Lipinski definition) is 7. The van der Waals surface area contributed by atoms with Crippen LogP contribution in [0, 0.1) is 0 Å². The lowest BCUT2D eigenvalue weighted by molar-refractivity contribution is -0.134. The Labute approximate surface area is 273 Å². The Morgan fingerprint density at radius 2 is 1.62 bits per heavy atom. The second-order valence-electron chi connectivity index (χ2n) is 12.0. The van der Waals surface area contributed by atoms with Crippen LogP contribution in [-0.2, 0) is 43.2 Å². The quantitative estimate of drug-likeness (QED) is 0.252. The molecule has 0 saturated heterocycles. The van der Waals surface area contributed by atoms with Gasteiger partial charge in [-0.1, -0.05) is 42.5 Å². The maximum atomic E-state index is 13.6. The summed E-state index contributed by atoms with van der Waals surface area (Å²) in [4.78, 5) is 70.5. The molecule has 0 unspecified atom stereocenters. The summed E-state index contributed by atoms with van der Waals surface area (Å²) in [6.45, 7) is 1.95. The van der Waals surface area contributed by atoms with E-state index in [1.54, 1.807) is 36.7 Å². The third kappa shape index (κ3) is 9.38.